The molecule has 2 N–H and O–H groups in total. The largest absolute Gasteiger partial charge is 0.325 e. The van der Waals surface area contributed by atoms with Crippen LogP contribution in [0.25, 0.3) is 0 Å². The van der Waals surface area contributed by atoms with Crippen molar-refractivity contribution in [3.8, 4) is 0 Å². The first-order chi connectivity index (χ1) is 3.93. The minimum atomic E-state index is 0. The first-order valence-electron chi connectivity index (χ1n) is 2.53. The van der Waals surface area contributed by atoms with Crippen molar-refractivity contribution in [3.05, 3.63) is 30.1 Å². The van der Waals surface area contributed by atoms with E-state index in [2.05, 4.69) is 4.98 Å². The van der Waals surface area contributed by atoms with Crippen LogP contribution in [0, 0.1) is 0 Å². The second-order valence-electron chi connectivity index (χ2n) is 1.53. The summed E-state index contributed by atoms with van der Waals surface area (Å²) in [6.07, 6.45) is 1.74. The molecule has 0 atom stereocenters. The third-order valence-electron chi connectivity index (χ3n) is 0.935. The molecule has 0 spiro atoms. The second kappa shape index (κ2) is 7.02. The van der Waals surface area contributed by atoms with E-state index in [1.54, 1.807) is 6.20 Å². The van der Waals surface area contributed by atoms with Crippen molar-refractivity contribution in [2.24, 2.45) is 5.73 Å². The van der Waals surface area contributed by atoms with Gasteiger partial charge in [-0.25, -0.2) is 0 Å². The Hall–Kier alpha value is -0.0935. The number of aromatic nitrogens is 1. The molecular formula is C6H9ClCoN2. The molecule has 1 heterocycles. The smallest absolute Gasteiger partial charge is 0.0539 e. The molecular weight excluding hydrogens is 194 g/mol. The summed E-state index contributed by atoms with van der Waals surface area (Å²) >= 11 is 0. The van der Waals surface area contributed by atoms with Crippen LogP contribution >= 0.6 is 12.4 Å². The zero-order valence-electron chi connectivity index (χ0n) is 5.28. The first-order valence-corrected chi connectivity index (χ1v) is 2.53. The van der Waals surface area contributed by atoms with Gasteiger partial charge in [-0.3, -0.25) is 4.98 Å². The quantitative estimate of drug-likeness (QED) is 0.738. The van der Waals surface area contributed by atoms with Crippen LogP contribution in [0.4, 0.5) is 0 Å². The second-order valence-corrected chi connectivity index (χ2v) is 1.53. The maximum absolute atomic E-state index is 5.29. The van der Waals surface area contributed by atoms with Crippen molar-refractivity contribution < 1.29 is 16.8 Å². The van der Waals surface area contributed by atoms with Gasteiger partial charge in [0.25, 0.3) is 0 Å². The van der Waals surface area contributed by atoms with Crippen LogP contribution in [-0.4, -0.2) is 4.98 Å². The van der Waals surface area contributed by atoms with Gasteiger partial charge in [0, 0.05) is 29.5 Å². The summed E-state index contributed by atoms with van der Waals surface area (Å²) in [4.78, 5) is 3.97. The first kappa shape index (κ1) is 12.6. The van der Waals surface area contributed by atoms with Crippen molar-refractivity contribution in [1.29, 1.82) is 0 Å². The molecule has 0 saturated carbocycles. The van der Waals surface area contributed by atoms with Crippen molar-refractivity contribution in [3.63, 3.8) is 0 Å². The molecule has 0 unspecified atom stereocenters. The summed E-state index contributed by atoms with van der Waals surface area (Å²) in [7, 11) is 0. The minimum absolute atomic E-state index is 0. The van der Waals surface area contributed by atoms with Gasteiger partial charge in [0.1, 0.15) is 0 Å². The van der Waals surface area contributed by atoms with E-state index in [1.807, 2.05) is 18.2 Å². The summed E-state index contributed by atoms with van der Waals surface area (Å²) < 4.78 is 0. The summed E-state index contributed by atoms with van der Waals surface area (Å²) in [6.45, 7) is 0.529. The molecule has 0 aliphatic carbocycles. The standard InChI is InChI=1S/C6H8N2.ClH.Co/c7-5-6-3-1-2-4-8-6;;/h1-4H,5,7H2;1H;. The third-order valence-corrected chi connectivity index (χ3v) is 0.935. The predicted octanol–water partition coefficient (Wildman–Crippen LogP) is 0.960. The van der Waals surface area contributed by atoms with E-state index in [1.165, 1.54) is 0 Å². The van der Waals surface area contributed by atoms with Gasteiger partial charge in [0.15, 0.2) is 0 Å². The number of rotatable bonds is 1. The Morgan fingerprint density at radius 2 is 2.10 bits per heavy atom. The van der Waals surface area contributed by atoms with E-state index in [9.17, 15) is 0 Å². The van der Waals surface area contributed by atoms with Gasteiger partial charge < -0.3 is 5.73 Å². The van der Waals surface area contributed by atoms with Gasteiger partial charge in [-0.15, -0.1) is 12.4 Å². The normalized spacial score (nSPS) is 7.30. The summed E-state index contributed by atoms with van der Waals surface area (Å²) in [5.41, 5.74) is 6.22. The molecule has 10 heavy (non-hydrogen) atoms. The van der Waals surface area contributed by atoms with Crippen LogP contribution < -0.4 is 5.73 Å². The predicted molar refractivity (Wildman–Crippen MR) is 39.4 cm³/mol. The molecule has 0 aliphatic heterocycles. The maximum atomic E-state index is 5.29. The molecule has 0 bridgehead atoms. The topological polar surface area (TPSA) is 38.9 Å². The van der Waals surface area contributed by atoms with Gasteiger partial charge >= 0.3 is 0 Å². The fourth-order valence-corrected chi connectivity index (χ4v) is 0.519. The third kappa shape index (κ3) is 3.84. The molecule has 0 saturated heterocycles. The van der Waals surface area contributed by atoms with Gasteiger partial charge in [0.05, 0.1) is 5.69 Å². The Balaban J connectivity index is 0. The molecule has 1 aromatic heterocycles. The molecule has 0 fully saturated rings. The minimum Gasteiger partial charge on any atom is -0.325 e. The van der Waals surface area contributed by atoms with E-state index < -0.39 is 0 Å². The average Bonchev–Trinajstić information content (AvgIpc) is 1.90. The number of nitrogens with two attached hydrogens (primary N) is 1. The molecule has 1 aromatic rings. The number of pyridine rings is 1. The Bertz CT molecular complexity index is 157. The van der Waals surface area contributed by atoms with E-state index in [0.717, 1.165) is 5.69 Å². The molecule has 0 amide bonds. The number of nitrogens with zero attached hydrogens (tertiary/aromatic N) is 1. The average molecular weight is 204 g/mol. The number of halogens is 1. The van der Waals surface area contributed by atoms with Crippen molar-refractivity contribution >= 4 is 12.4 Å². The van der Waals surface area contributed by atoms with Gasteiger partial charge in [-0.2, -0.15) is 0 Å². The summed E-state index contributed by atoms with van der Waals surface area (Å²) in [5.74, 6) is 0. The van der Waals surface area contributed by atoms with Crippen LogP contribution in [-0.2, 0) is 23.3 Å². The zero-order valence-corrected chi connectivity index (χ0v) is 7.14. The Morgan fingerprint density at radius 1 is 1.40 bits per heavy atom. The van der Waals surface area contributed by atoms with E-state index in [4.69, 9.17) is 5.73 Å². The zero-order chi connectivity index (χ0) is 5.82. The van der Waals surface area contributed by atoms with Crippen molar-refractivity contribution in [2.45, 2.75) is 6.54 Å². The fraction of sp³-hybridized carbons (Fsp3) is 0.167. The SMILES string of the molecule is Cl.NCc1ccccn1.[Co]. The Morgan fingerprint density at radius 3 is 2.40 bits per heavy atom. The van der Waals surface area contributed by atoms with Crippen molar-refractivity contribution in [1.82, 2.24) is 4.98 Å². The molecule has 0 aromatic carbocycles. The molecule has 0 aliphatic rings. The van der Waals surface area contributed by atoms with Gasteiger partial charge in [-0.05, 0) is 12.1 Å². The Kier molecular flexibility index (Phi) is 8.82. The molecule has 2 nitrogen and oxygen atoms in total. The fourth-order valence-electron chi connectivity index (χ4n) is 0.519. The maximum Gasteiger partial charge on any atom is 0.0539 e. The summed E-state index contributed by atoms with van der Waals surface area (Å²) in [6, 6.07) is 5.70. The number of hydrogen-bond donors (Lipinski definition) is 1. The van der Waals surface area contributed by atoms with Crippen LogP contribution in [0.5, 0.6) is 0 Å². The van der Waals surface area contributed by atoms with Gasteiger partial charge in [0.2, 0.25) is 0 Å². The van der Waals surface area contributed by atoms with Crippen LogP contribution in [0.1, 0.15) is 5.69 Å². The van der Waals surface area contributed by atoms with E-state index in [0.29, 0.717) is 6.54 Å². The summed E-state index contributed by atoms with van der Waals surface area (Å²) in [5, 5.41) is 0. The molecule has 59 valence electrons. The van der Waals surface area contributed by atoms with E-state index in [-0.39, 0.29) is 29.2 Å². The van der Waals surface area contributed by atoms with Gasteiger partial charge in [-0.1, -0.05) is 6.07 Å². The van der Waals surface area contributed by atoms with Crippen LogP contribution in [0.15, 0.2) is 24.4 Å². The van der Waals surface area contributed by atoms with Crippen LogP contribution in [0.2, 0.25) is 0 Å². The number of hydrogen-bond acceptors (Lipinski definition) is 2. The molecule has 4 heteroatoms. The Labute approximate surface area is 76.8 Å². The molecule has 1 rings (SSSR count). The molecule has 1 radical (unpaired) electrons. The van der Waals surface area contributed by atoms with E-state index >= 15 is 0 Å². The van der Waals surface area contributed by atoms with Crippen molar-refractivity contribution in [2.75, 3.05) is 0 Å². The monoisotopic (exact) mass is 203 g/mol. The van der Waals surface area contributed by atoms with Crippen LogP contribution in [0.3, 0.4) is 0 Å².